The first-order chi connectivity index (χ1) is 9.60. The van der Waals surface area contributed by atoms with Gasteiger partial charge in [0.05, 0.1) is 24.0 Å². The topological polar surface area (TPSA) is 47.0 Å². The van der Waals surface area contributed by atoms with Gasteiger partial charge in [0.15, 0.2) is 0 Å². The molecule has 1 unspecified atom stereocenters. The smallest absolute Gasteiger partial charge is 0.138 e. The first-order valence-electron chi connectivity index (χ1n) is 6.81. The monoisotopic (exact) mass is 271 g/mol. The molecule has 0 aliphatic carbocycles. The molecule has 0 aliphatic rings. The van der Waals surface area contributed by atoms with Crippen molar-refractivity contribution in [1.29, 1.82) is 0 Å². The van der Waals surface area contributed by atoms with Crippen molar-refractivity contribution in [2.24, 2.45) is 0 Å². The maximum atomic E-state index is 5.70. The lowest BCUT2D eigenvalue weighted by Crippen LogP contribution is -2.19. The largest absolute Gasteiger partial charge is 0.489 e. The van der Waals surface area contributed by atoms with E-state index in [2.05, 4.69) is 28.3 Å². The second kappa shape index (κ2) is 6.48. The minimum Gasteiger partial charge on any atom is -0.489 e. The SMILES string of the molecule is CNC(c1cncc(OC(C)C)c1)c1cc(C)ccn1. The molecule has 2 rings (SSSR count). The molecule has 0 spiro atoms. The van der Waals surface area contributed by atoms with Gasteiger partial charge in [0.25, 0.3) is 0 Å². The maximum absolute atomic E-state index is 5.70. The van der Waals surface area contributed by atoms with Crippen LogP contribution in [0.1, 0.15) is 36.7 Å². The number of hydrogen-bond donors (Lipinski definition) is 1. The minimum absolute atomic E-state index is 0.0121. The third-order valence-electron chi connectivity index (χ3n) is 2.96. The Hall–Kier alpha value is -1.94. The average Bonchev–Trinajstić information content (AvgIpc) is 2.39. The van der Waals surface area contributed by atoms with Gasteiger partial charge in [-0.25, -0.2) is 0 Å². The number of ether oxygens (including phenoxy) is 1. The summed E-state index contributed by atoms with van der Waals surface area (Å²) in [6.45, 7) is 6.07. The molecular weight excluding hydrogens is 250 g/mol. The molecule has 0 aromatic carbocycles. The Morgan fingerprint density at radius 1 is 1.20 bits per heavy atom. The number of hydrogen-bond acceptors (Lipinski definition) is 4. The predicted octanol–water partition coefficient (Wildman–Crippen LogP) is 2.88. The zero-order valence-corrected chi connectivity index (χ0v) is 12.4. The zero-order chi connectivity index (χ0) is 14.5. The van der Waals surface area contributed by atoms with E-state index in [0.29, 0.717) is 0 Å². The summed E-state index contributed by atoms with van der Waals surface area (Å²) in [5.41, 5.74) is 3.22. The van der Waals surface area contributed by atoms with Crippen molar-refractivity contribution in [2.45, 2.75) is 32.9 Å². The number of nitrogens with one attached hydrogen (secondary N) is 1. The van der Waals surface area contributed by atoms with Crippen LogP contribution in [0.5, 0.6) is 5.75 Å². The Kier molecular flexibility index (Phi) is 4.69. The second-order valence-corrected chi connectivity index (χ2v) is 5.10. The second-order valence-electron chi connectivity index (χ2n) is 5.10. The van der Waals surface area contributed by atoms with Gasteiger partial charge in [-0.15, -0.1) is 0 Å². The third kappa shape index (κ3) is 3.54. The molecule has 0 saturated heterocycles. The molecule has 0 saturated carbocycles. The lowest BCUT2D eigenvalue weighted by Gasteiger charge is -2.17. The van der Waals surface area contributed by atoms with Crippen LogP contribution in [0.15, 0.2) is 36.8 Å². The van der Waals surface area contributed by atoms with Crippen molar-refractivity contribution in [3.63, 3.8) is 0 Å². The molecule has 2 heterocycles. The van der Waals surface area contributed by atoms with E-state index in [1.54, 1.807) is 6.20 Å². The van der Waals surface area contributed by atoms with Gasteiger partial charge in [-0.2, -0.15) is 0 Å². The van der Waals surface area contributed by atoms with Gasteiger partial charge in [0, 0.05) is 12.4 Å². The Bertz CT molecular complexity index is 569. The van der Waals surface area contributed by atoms with Gasteiger partial charge in [-0.05, 0) is 57.1 Å². The van der Waals surface area contributed by atoms with Crippen LogP contribution in [-0.2, 0) is 0 Å². The molecule has 1 atom stereocenters. The predicted molar refractivity (Wildman–Crippen MR) is 79.9 cm³/mol. The highest BCUT2D eigenvalue weighted by molar-refractivity contribution is 5.32. The summed E-state index contributed by atoms with van der Waals surface area (Å²) in [7, 11) is 1.92. The van der Waals surface area contributed by atoms with E-state index in [1.165, 1.54) is 5.56 Å². The van der Waals surface area contributed by atoms with E-state index in [0.717, 1.165) is 17.0 Å². The van der Waals surface area contributed by atoms with Crippen LogP contribution in [0, 0.1) is 6.92 Å². The van der Waals surface area contributed by atoms with Crippen LogP contribution in [-0.4, -0.2) is 23.1 Å². The standard InChI is InChI=1S/C16H21N3O/c1-11(2)20-14-8-13(9-18-10-14)16(17-4)15-7-12(3)5-6-19-15/h5-11,16-17H,1-4H3. The fourth-order valence-electron chi connectivity index (χ4n) is 2.13. The number of pyridine rings is 2. The number of aryl methyl sites for hydroxylation is 1. The van der Waals surface area contributed by atoms with Crippen LogP contribution in [0.3, 0.4) is 0 Å². The van der Waals surface area contributed by atoms with Gasteiger partial charge in [-0.3, -0.25) is 9.97 Å². The van der Waals surface area contributed by atoms with Crippen molar-refractivity contribution < 1.29 is 4.74 Å². The van der Waals surface area contributed by atoms with Crippen LogP contribution < -0.4 is 10.1 Å². The lowest BCUT2D eigenvalue weighted by atomic mass is 10.0. The van der Waals surface area contributed by atoms with Gasteiger partial charge in [-0.1, -0.05) is 0 Å². The Balaban J connectivity index is 2.32. The molecule has 0 aliphatic heterocycles. The molecule has 106 valence electrons. The average molecular weight is 271 g/mol. The third-order valence-corrected chi connectivity index (χ3v) is 2.96. The highest BCUT2D eigenvalue weighted by Crippen LogP contribution is 2.23. The van der Waals surface area contributed by atoms with E-state index >= 15 is 0 Å². The molecule has 4 nitrogen and oxygen atoms in total. The van der Waals surface area contributed by atoms with Crippen LogP contribution >= 0.6 is 0 Å². The van der Waals surface area contributed by atoms with Crippen molar-refractivity contribution in [3.8, 4) is 5.75 Å². The molecule has 2 aromatic rings. The minimum atomic E-state index is 0.0121. The van der Waals surface area contributed by atoms with Crippen molar-refractivity contribution in [1.82, 2.24) is 15.3 Å². The van der Waals surface area contributed by atoms with E-state index in [4.69, 9.17) is 4.74 Å². The molecule has 4 heteroatoms. The van der Waals surface area contributed by atoms with Crippen LogP contribution in [0.4, 0.5) is 0 Å². The normalized spacial score (nSPS) is 12.4. The highest BCUT2D eigenvalue weighted by Gasteiger charge is 2.15. The molecule has 0 bridgehead atoms. The molecule has 20 heavy (non-hydrogen) atoms. The van der Waals surface area contributed by atoms with Crippen LogP contribution in [0.25, 0.3) is 0 Å². The van der Waals surface area contributed by atoms with Gasteiger partial charge < -0.3 is 10.1 Å². The Morgan fingerprint density at radius 2 is 2.00 bits per heavy atom. The molecule has 1 N–H and O–H groups in total. The van der Waals surface area contributed by atoms with Crippen LogP contribution in [0.2, 0.25) is 0 Å². The van der Waals surface area contributed by atoms with Gasteiger partial charge in [0.2, 0.25) is 0 Å². The molecule has 0 fully saturated rings. The summed E-state index contributed by atoms with van der Waals surface area (Å²) < 4.78 is 5.70. The molecule has 0 radical (unpaired) electrons. The first-order valence-corrected chi connectivity index (χ1v) is 6.81. The number of nitrogens with zero attached hydrogens (tertiary/aromatic N) is 2. The number of rotatable bonds is 5. The summed E-state index contributed by atoms with van der Waals surface area (Å²) in [5, 5.41) is 3.28. The summed E-state index contributed by atoms with van der Waals surface area (Å²) in [5.74, 6) is 0.783. The zero-order valence-electron chi connectivity index (χ0n) is 12.4. The summed E-state index contributed by atoms with van der Waals surface area (Å²) >= 11 is 0. The van der Waals surface area contributed by atoms with E-state index in [9.17, 15) is 0 Å². The summed E-state index contributed by atoms with van der Waals surface area (Å²) in [6.07, 6.45) is 5.55. The van der Waals surface area contributed by atoms with Crippen molar-refractivity contribution in [3.05, 3.63) is 53.6 Å². The fourth-order valence-corrected chi connectivity index (χ4v) is 2.13. The Morgan fingerprint density at radius 3 is 2.65 bits per heavy atom. The number of aromatic nitrogens is 2. The summed E-state index contributed by atoms with van der Waals surface area (Å²) in [6, 6.07) is 6.10. The first kappa shape index (κ1) is 14.5. The highest BCUT2D eigenvalue weighted by atomic mass is 16.5. The lowest BCUT2D eigenvalue weighted by molar-refractivity contribution is 0.241. The quantitative estimate of drug-likeness (QED) is 0.908. The van der Waals surface area contributed by atoms with E-state index < -0.39 is 0 Å². The van der Waals surface area contributed by atoms with Gasteiger partial charge in [0.1, 0.15) is 5.75 Å². The fraction of sp³-hybridized carbons (Fsp3) is 0.375. The Labute approximate surface area is 120 Å². The molecule has 0 amide bonds. The summed E-state index contributed by atoms with van der Waals surface area (Å²) in [4.78, 5) is 8.71. The van der Waals surface area contributed by atoms with Crippen molar-refractivity contribution in [2.75, 3.05) is 7.05 Å². The molecular formula is C16H21N3O. The maximum Gasteiger partial charge on any atom is 0.138 e. The molecule has 2 aromatic heterocycles. The van der Waals surface area contributed by atoms with Gasteiger partial charge >= 0.3 is 0 Å². The van der Waals surface area contributed by atoms with E-state index in [-0.39, 0.29) is 12.1 Å². The van der Waals surface area contributed by atoms with E-state index in [1.807, 2.05) is 45.4 Å². The van der Waals surface area contributed by atoms with Crippen molar-refractivity contribution >= 4 is 0 Å².